The van der Waals surface area contributed by atoms with E-state index < -0.39 is 0 Å². The van der Waals surface area contributed by atoms with Crippen molar-refractivity contribution in [3.63, 3.8) is 0 Å². The van der Waals surface area contributed by atoms with Gasteiger partial charge in [0.2, 0.25) is 0 Å². The Balaban J connectivity index is 2.04. The largest absolute Gasteiger partial charge is 0.348 e. The van der Waals surface area contributed by atoms with Gasteiger partial charge in [-0.2, -0.15) is 5.10 Å². The van der Waals surface area contributed by atoms with Crippen molar-refractivity contribution in [3.8, 4) is 0 Å². The molecule has 1 amide bonds. The van der Waals surface area contributed by atoms with E-state index in [2.05, 4.69) is 10.4 Å². The van der Waals surface area contributed by atoms with E-state index in [4.69, 9.17) is 5.73 Å². The summed E-state index contributed by atoms with van der Waals surface area (Å²) in [7, 11) is 1.82. The van der Waals surface area contributed by atoms with Crippen molar-refractivity contribution in [2.45, 2.75) is 26.4 Å². The second-order valence-electron chi connectivity index (χ2n) is 4.72. The average molecular weight is 272 g/mol. The van der Waals surface area contributed by atoms with E-state index >= 15 is 0 Å². The molecule has 106 valence electrons. The number of nitrogens with two attached hydrogens (primary N) is 1. The third-order valence-electron chi connectivity index (χ3n) is 3.16. The summed E-state index contributed by atoms with van der Waals surface area (Å²) in [5, 5.41) is 7.19. The molecule has 0 saturated heterocycles. The minimum Gasteiger partial charge on any atom is -0.348 e. The van der Waals surface area contributed by atoms with E-state index in [9.17, 15) is 4.79 Å². The standard InChI is InChI=1S/C15H20N4O/c1-3-14-13(10-19(2)18-14)15(20)17-9-12-6-4-5-11(7-12)8-16/h4-7,10H,3,8-9,16H2,1-2H3,(H,17,20). The number of aromatic nitrogens is 2. The first-order valence-corrected chi connectivity index (χ1v) is 6.72. The van der Waals surface area contributed by atoms with Gasteiger partial charge in [0.25, 0.3) is 5.91 Å². The second-order valence-corrected chi connectivity index (χ2v) is 4.72. The third kappa shape index (κ3) is 3.24. The number of nitrogens with zero attached hydrogens (tertiary/aromatic N) is 2. The van der Waals surface area contributed by atoms with Gasteiger partial charge in [0.1, 0.15) is 0 Å². The molecule has 1 aromatic carbocycles. The van der Waals surface area contributed by atoms with E-state index in [-0.39, 0.29) is 5.91 Å². The quantitative estimate of drug-likeness (QED) is 0.863. The Labute approximate surface area is 118 Å². The molecular weight excluding hydrogens is 252 g/mol. The van der Waals surface area contributed by atoms with Crippen molar-refractivity contribution in [3.05, 3.63) is 52.8 Å². The molecular formula is C15H20N4O. The zero-order valence-corrected chi connectivity index (χ0v) is 11.9. The van der Waals surface area contributed by atoms with Crippen LogP contribution in [-0.4, -0.2) is 15.7 Å². The monoisotopic (exact) mass is 272 g/mol. The maximum atomic E-state index is 12.2. The molecule has 20 heavy (non-hydrogen) atoms. The third-order valence-corrected chi connectivity index (χ3v) is 3.16. The molecule has 1 aromatic heterocycles. The molecule has 0 radical (unpaired) electrons. The lowest BCUT2D eigenvalue weighted by molar-refractivity contribution is 0.0950. The van der Waals surface area contributed by atoms with Crippen LogP contribution in [-0.2, 0) is 26.6 Å². The summed E-state index contributed by atoms with van der Waals surface area (Å²) in [6.07, 6.45) is 2.50. The van der Waals surface area contributed by atoms with Crippen LogP contribution in [0.15, 0.2) is 30.5 Å². The molecule has 5 nitrogen and oxygen atoms in total. The Morgan fingerprint density at radius 1 is 1.40 bits per heavy atom. The molecule has 5 heteroatoms. The van der Waals surface area contributed by atoms with Crippen molar-refractivity contribution < 1.29 is 4.79 Å². The minimum absolute atomic E-state index is 0.0897. The van der Waals surface area contributed by atoms with Crippen LogP contribution in [0, 0.1) is 0 Å². The first-order valence-electron chi connectivity index (χ1n) is 6.72. The highest BCUT2D eigenvalue weighted by atomic mass is 16.1. The smallest absolute Gasteiger partial charge is 0.255 e. The first kappa shape index (κ1) is 14.3. The van der Waals surface area contributed by atoms with Crippen molar-refractivity contribution >= 4 is 5.91 Å². The van der Waals surface area contributed by atoms with Crippen LogP contribution in [0.4, 0.5) is 0 Å². The number of hydrogen-bond donors (Lipinski definition) is 2. The van der Waals surface area contributed by atoms with Gasteiger partial charge in [0, 0.05) is 26.3 Å². The zero-order chi connectivity index (χ0) is 14.5. The molecule has 0 aliphatic carbocycles. The Kier molecular flexibility index (Phi) is 4.53. The lowest BCUT2D eigenvalue weighted by Gasteiger charge is -2.06. The van der Waals surface area contributed by atoms with Crippen LogP contribution in [0.5, 0.6) is 0 Å². The van der Waals surface area contributed by atoms with Crippen LogP contribution in [0.1, 0.15) is 34.1 Å². The molecule has 0 spiro atoms. The lowest BCUT2D eigenvalue weighted by atomic mass is 10.1. The highest BCUT2D eigenvalue weighted by molar-refractivity contribution is 5.95. The van der Waals surface area contributed by atoms with E-state index in [1.807, 2.05) is 38.2 Å². The fraction of sp³-hybridized carbons (Fsp3) is 0.333. The molecule has 0 saturated carbocycles. The normalized spacial score (nSPS) is 10.6. The molecule has 2 aromatic rings. The summed E-state index contributed by atoms with van der Waals surface area (Å²) in [6, 6.07) is 7.90. The summed E-state index contributed by atoms with van der Waals surface area (Å²) >= 11 is 0. The number of nitrogens with one attached hydrogen (secondary N) is 1. The summed E-state index contributed by atoms with van der Waals surface area (Å²) in [5.74, 6) is -0.0897. The number of aryl methyl sites for hydroxylation is 2. The van der Waals surface area contributed by atoms with Crippen LogP contribution in [0.2, 0.25) is 0 Å². The second kappa shape index (κ2) is 6.34. The van der Waals surface area contributed by atoms with E-state index in [0.717, 1.165) is 23.2 Å². The maximum absolute atomic E-state index is 12.2. The van der Waals surface area contributed by atoms with E-state index in [0.29, 0.717) is 18.7 Å². The summed E-state index contributed by atoms with van der Waals surface area (Å²) < 4.78 is 1.67. The maximum Gasteiger partial charge on any atom is 0.255 e. The van der Waals surface area contributed by atoms with Gasteiger partial charge in [0.15, 0.2) is 0 Å². The van der Waals surface area contributed by atoms with Gasteiger partial charge in [-0.1, -0.05) is 31.2 Å². The Hall–Kier alpha value is -2.14. The Morgan fingerprint density at radius 2 is 2.15 bits per heavy atom. The fourth-order valence-electron chi connectivity index (χ4n) is 2.13. The fourth-order valence-corrected chi connectivity index (χ4v) is 2.13. The summed E-state index contributed by atoms with van der Waals surface area (Å²) in [4.78, 5) is 12.2. The van der Waals surface area contributed by atoms with Crippen LogP contribution < -0.4 is 11.1 Å². The average Bonchev–Trinajstić information content (AvgIpc) is 2.86. The molecule has 0 fully saturated rings. The van der Waals surface area contributed by atoms with Gasteiger partial charge in [0.05, 0.1) is 11.3 Å². The number of carbonyl (C=O) groups excluding carboxylic acids is 1. The number of hydrogen-bond acceptors (Lipinski definition) is 3. The van der Waals surface area contributed by atoms with E-state index in [1.54, 1.807) is 10.9 Å². The highest BCUT2D eigenvalue weighted by Gasteiger charge is 2.13. The molecule has 0 atom stereocenters. The molecule has 0 bridgehead atoms. The first-order chi connectivity index (χ1) is 9.63. The minimum atomic E-state index is -0.0897. The van der Waals surface area contributed by atoms with Gasteiger partial charge in [-0.3, -0.25) is 9.48 Å². The molecule has 0 aliphatic heterocycles. The molecule has 1 heterocycles. The summed E-state index contributed by atoms with van der Waals surface area (Å²) in [6.45, 7) is 2.99. The summed E-state index contributed by atoms with van der Waals surface area (Å²) in [5.41, 5.74) is 9.18. The predicted octanol–water partition coefficient (Wildman–Crippen LogP) is 1.37. The molecule has 0 aliphatic rings. The van der Waals surface area contributed by atoms with Crippen molar-refractivity contribution in [1.29, 1.82) is 0 Å². The predicted molar refractivity (Wildman–Crippen MR) is 78.1 cm³/mol. The van der Waals surface area contributed by atoms with Crippen molar-refractivity contribution in [2.24, 2.45) is 12.8 Å². The van der Waals surface area contributed by atoms with Gasteiger partial charge in [-0.05, 0) is 17.5 Å². The molecule has 3 N–H and O–H groups in total. The van der Waals surface area contributed by atoms with Crippen LogP contribution >= 0.6 is 0 Å². The Bertz CT molecular complexity index is 604. The molecule has 2 rings (SSSR count). The van der Waals surface area contributed by atoms with Gasteiger partial charge in [-0.25, -0.2) is 0 Å². The lowest BCUT2D eigenvalue weighted by Crippen LogP contribution is -2.23. The van der Waals surface area contributed by atoms with E-state index in [1.165, 1.54) is 0 Å². The Morgan fingerprint density at radius 3 is 2.85 bits per heavy atom. The number of amides is 1. The highest BCUT2D eigenvalue weighted by Crippen LogP contribution is 2.08. The zero-order valence-electron chi connectivity index (χ0n) is 11.9. The van der Waals surface area contributed by atoms with Gasteiger partial charge in [-0.15, -0.1) is 0 Å². The van der Waals surface area contributed by atoms with Crippen LogP contribution in [0.25, 0.3) is 0 Å². The van der Waals surface area contributed by atoms with Gasteiger partial charge >= 0.3 is 0 Å². The SMILES string of the molecule is CCc1nn(C)cc1C(=O)NCc1cccc(CN)c1. The van der Waals surface area contributed by atoms with Crippen molar-refractivity contribution in [1.82, 2.24) is 15.1 Å². The number of rotatable bonds is 5. The van der Waals surface area contributed by atoms with Gasteiger partial charge < -0.3 is 11.1 Å². The number of carbonyl (C=O) groups is 1. The van der Waals surface area contributed by atoms with Crippen LogP contribution in [0.3, 0.4) is 0 Å². The number of benzene rings is 1. The topological polar surface area (TPSA) is 72.9 Å². The van der Waals surface area contributed by atoms with Crippen molar-refractivity contribution in [2.75, 3.05) is 0 Å². The molecule has 0 unspecified atom stereocenters.